The third kappa shape index (κ3) is 2.93. The summed E-state index contributed by atoms with van der Waals surface area (Å²) in [5.74, 6) is 1.21. The summed E-state index contributed by atoms with van der Waals surface area (Å²) >= 11 is 8.01. The van der Waals surface area contributed by atoms with E-state index in [1.807, 2.05) is 17.8 Å². The highest BCUT2D eigenvalue weighted by molar-refractivity contribution is 7.99. The third-order valence-corrected chi connectivity index (χ3v) is 4.29. The van der Waals surface area contributed by atoms with Crippen LogP contribution in [0.1, 0.15) is 37.8 Å². The average molecular weight is 256 g/mol. The van der Waals surface area contributed by atoms with Gasteiger partial charge in [-0.1, -0.05) is 24.9 Å². The Kier molecular flexibility index (Phi) is 4.56. The van der Waals surface area contributed by atoms with E-state index in [0.717, 1.165) is 11.6 Å². The third-order valence-electron chi connectivity index (χ3n) is 2.93. The maximum atomic E-state index is 6.07. The number of unbranched alkanes of at least 4 members (excludes halogenated alkanes) is 1. The summed E-state index contributed by atoms with van der Waals surface area (Å²) in [6.45, 7) is 3.33. The summed E-state index contributed by atoms with van der Waals surface area (Å²) in [7, 11) is 0. The van der Waals surface area contributed by atoms with Crippen molar-refractivity contribution in [1.82, 2.24) is 5.32 Å². The van der Waals surface area contributed by atoms with Gasteiger partial charge >= 0.3 is 0 Å². The van der Waals surface area contributed by atoms with Gasteiger partial charge in [0.25, 0.3) is 0 Å². The van der Waals surface area contributed by atoms with Gasteiger partial charge in [0.15, 0.2) is 0 Å². The van der Waals surface area contributed by atoms with Crippen LogP contribution in [-0.2, 0) is 0 Å². The molecule has 1 atom stereocenters. The second-order valence-electron chi connectivity index (χ2n) is 4.18. The van der Waals surface area contributed by atoms with Crippen LogP contribution in [-0.4, -0.2) is 12.3 Å². The normalized spacial score (nSPS) is 19.5. The van der Waals surface area contributed by atoms with Crippen molar-refractivity contribution < 1.29 is 0 Å². The van der Waals surface area contributed by atoms with Gasteiger partial charge in [-0.25, -0.2) is 0 Å². The molecule has 0 saturated carbocycles. The minimum absolute atomic E-state index is 0.501. The molecule has 0 radical (unpaired) electrons. The first-order chi connectivity index (χ1) is 7.81. The number of thioether (sulfide) groups is 1. The van der Waals surface area contributed by atoms with Crippen LogP contribution in [0.3, 0.4) is 0 Å². The second-order valence-corrected chi connectivity index (χ2v) is 5.75. The minimum atomic E-state index is 0.501. The molecule has 0 bridgehead atoms. The van der Waals surface area contributed by atoms with Crippen molar-refractivity contribution in [2.75, 3.05) is 12.3 Å². The summed E-state index contributed by atoms with van der Waals surface area (Å²) in [6.07, 6.45) is 3.71. The molecule has 2 rings (SSSR count). The summed E-state index contributed by atoms with van der Waals surface area (Å²) in [5.41, 5.74) is 1.39. The Morgan fingerprint density at radius 1 is 1.50 bits per heavy atom. The number of fused-ring (bicyclic) bond motifs is 1. The minimum Gasteiger partial charge on any atom is -0.310 e. The molecule has 0 aliphatic carbocycles. The lowest BCUT2D eigenvalue weighted by Crippen LogP contribution is -2.25. The number of hydrogen-bond donors (Lipinski definition) is 1. The molecule has 1 heterocycles. The van der Waals surface area contributed by atoms with E-state index in [2.05, 4.69) is 24.4 Å². The largest absolute Gasteiger partial charge is 0.310 e. The van der Waals surface area contributed by atoms with Crippen molar-refractivity contribution in [3.8, 4) is 0 Å². The standard InChI is InChI=1S/C13H18ClNS/c1-2-3-7-15-12-6-8-16-13-5-4-10(14)9-11(12)13/h4-5,9,12,15H,2-3,6-8H2,1H3. The van der Waals surface area contributed by atoms with Gasteiger partial charge in [0.05, 0.1) is 0 Å². The lowest BCUT2D eigenvalue weighted by Gasteiger charge is -2.26. The molecule has 1 aliphatic heterocycles. The van der Waals surface area contributed by atoms with Crippen LogP contribution in [0.5, 0.6) is 0 Å². The van der Waals surface area contributed by atoms with Crippen molar-refractivity contribution in [3.05, 3.63) is 28.8 Å². The molecule has 0 aromatic heterocycles. The molecule has 3 heteroatoms. The number of nitrogens with one attached hydrogen (secondary N) is 1. The van der Waals surface area contributed by atoms with Gasteiger partial charge in [-0.3, -0.25) is 0 Å². The van der Waals surface area contributed by atoms with Gasteiger partial charge in [-0.2, -0.15) is 0 Å². The van der Waals surface area contributed by atoms with Crippen LogP contribution < -0.4 is 5.32 Å². The van der Waals surface area contributed by atoms with Crippen LogP contribution >= 0.6 is 23.4 Å². The van der Waals surface area contributed by atoms with Gasteiger partial charge in [-0.05, 0) is 48.9 Å². The maximum absolute atomic E-state index is 6.07. The topological polar surface area (TPSA) is 12.0 Å². The van der Waals surface area contributed by atoms with Crippen molar-refractivity contribution in [3.63, 3.8) is 0 Å². The molecule has 1 aliphatic rings. The van der Waals surface area contributed by atoms with Crippen LogP contribution in [0.4, 0.5) is 0 Å². The van der Waals surface area contributed by atoms with Gasteiger partial charge in [-0.15, -0.1) is 11.8 Å². The Hall–Kier alpha value is -0.180. The second kappa shape index (κ2) is 5.95. The molecule has 1 N–H and O–H groups in total. The molecule has 0 spiro atoms. The molecule has 1 aromatic carbocycles. The molecule has 1 aromatic rings. The van der Waals surface area contributed by atoms with E-state index in [1.165, 1.54) is 35.5 Å². The molecule has 88 valence electrons. The fourth-order valence-corrected chi connectivity index (χ4v) is 3.32. The van der Waals surface area contributed by atoms with E-state index >= 15 is 0 Å². The highest BCUT2D eigenvalue weighted by Crippen LogP contribution is 2.37. The van der Waals surface area contributed by atoms with Crippen molar-refractivity contribution >= 4 is 23.4 Å². The zero-order chi connectivity index (χ0) is 11.4. The smallest absolute Gasteiger partial charge is 0.0410 e. The van der Waals surface area contributed by atoms with Gasteiger partial charge in [0.2, 0.25) is 0 Å². The summed E-state index contributed by atoms with van der Waals surface area (Å²) in [4.78, 5) is 1.39. The fourth-order valence-electron chi connectivity index (χ4n) is 2.03. The predicted octanol–water partition coefficient (Wildman–Crippen LogP) is 4.27. The molecule has 0 saturated heterocycles. The zero-order valence-corrected chi connectivity index (χ0v) is 11.2. The Bertz CT molecular complexity index is 354. The SMILES string of the molecule is CCCCNC1CCSc2ccc(Cl)cc21. The van der Waals surface area contributed by atoms with Crippen LogP contribution in [0, 0.1) is 0 Å². The zero-order valence-electron chi connectivity index (χ0n) is 9.63. The molecule has 16 heavy (non-hydrogen) atoms. The Morgan fingerprint density at radius 3 is 3.19 bits per heavy atom. The van der Waals surface area contributed by atoms with E-state index in [-0.39, 0.29) is 0 Å². The van der Waals surface area contributed by atoms with E-state index in [1.54, 1.807) is 0 Å². The van der Waals surface area contributed by atoms with E-state index in [9.17, 15) is 0 Å². The first-order valence-electron chi connectivity index (χ1n) is 5.97. The number of hydrogen-bond acceptors (Lipinski definition) is 2. The Balaban J connectivity index is 2.09. The number of halogens is 1. The fraction of sp³-hybridized carbons (Fsp3) is 0.538. The summed E-state index contributed by atoms with van der Waals surface area (Å²) in [5, 5.41) is 4.48. The monoisotopic (exact) mass is 255 g/mol. The highest BCUT2D eigenvalue weighted by Gasteiger charge is 2.19. The van der Waals surface area contributed by atoms with E-state index in [0.29, 0.717) is 6.04 Å². The molecular weight excluding hydrogens is 238 g/mol. The molecule has 1 nitrogen and oxygen atoms in total. The van der Waals surface area contributed by atoms with Crippen molar-refractivity contribution in [2.45, 2.75) is 37.1 Å². The first kappa shape index (κ1) is 12.3. The maximum Gasteiger partial charge on any atom is 0.0410 e. The van der Waals surface area contributed by atoms with Gasteiger partial charge < -0.3 is 5.32 Å². The average Bonchev–Trinajstić information content (AvgIpc) is 2.30. The number of benzene rings is 1. The first-order valence-corrected chi connectivity index (χ1v) is 7.33. The van der Waals surface area contributed by atoms with Gasteiger partial charge in [0, 0.05) is 16.0 Å². The lowest BCUT2D eigenvalue weighted by molar-refractivity contribution is 0.500. The van der Waals surface area contributed by atoms with Crippen LogP contribution in [0.15, 0.2) is 23.1 Å². The van der Waals surface area contributed by atoms with Crippen molar-refractivity contribution in [2.24, 2.45) is 0 Å². The predicted molar refractivity (Wildman–Crippen MR) is 72.4 cm³/mol. The summed E-state index contributed by atoms with van der Waals surface area (Å²) in [6, 6.07) is 6.76. The molecular formula is C13H18ClNS. The molecule has 0 fully saturated rings. The van der Waals surface area contributed by atoms with E-state index in [4.69, 9.17) is 11.6 Å². The Labute approximate surface area is 107 Å². The van der Waals surface area contributed by atoms with Crippen LogP contribution in [0.25, 0.3) is 0 Å². The van der Waals surface area contributed by atoms with Crippen molar-refractivity contribution in [1.29, 1.82) is 0 Å². The lowest BCUT2D eigenvalue weighted by atomic mass is 10.0. The molecule has 0 amide bonds. The van der Waals surface area contributed by atoms with Crippen LogP contribution in [0.2, 0.25) is 5.02 Å². The summed E-state index contributed by atoms with van der Waals surface area (Å²) < 4.78 is 0. The van der Waals surface area contributed by atoms with E-state index < -0.39 is 0 Å². The Morgan fingerprint density at radius 2 is 2.38 bits per heavy atom. The highest BCUT2D eigenvalue weighted by atomic mass is 35.5. The van der Waals surface area contributed by atoms with Gasteiger partial charge in [0.1, 0.15) is 0 Å². The molecule has 1 unspecified atom stereocenters. The quantitative estimate of drug-likeness (QED) is 0.807. The number of rotatable bonds is 4.